The van der Waals surface area contributed by atoms with E-state index < -0.39 is 17.6 Å². The van der Waals surface area contributed by atoms with Gasteiger partial charge in [0.2, 0.25) is 5.91 Å². The van der Waals surface area contributed by atoms with Crippen LogP contribution in [0.3, 0.4) is 0 Å². The van der Waals surface area contributed by atoms with Gasteiger partial charge in [-0.2, -0.15) is 13.2 Å². The quantitative estimate of drug-likeness (QED) is 0.727. The summed E-state index contributed by atoms with van der Waals surface area (Å²) in [6.45, 7) is 1.01. The van der Waals surface area contributed by atoms with E-state index in [1.165, 1.54) is 24.3 Å². The van der Waals surface area contributed by atoms with Crippen molar-refractivity contribution in [2.45, 2.75) is 12.6 Å². The van der Waals surface area contributed by atoms with Crippen LogP contribution in [-0.4, -0.2) is 19.1 Å². The minimum atomic E-state index is -4.40. The summed E-state index contributed by atoms with van der Waals surface area (Å²) in [5.74, 6) is 0.515. The molecule has 3 rings (SSSR count). The molecule has 2 aromatic carbocycles. The van der Waals surface area contributed by atoms with Gasteiger partial charge in [-0.25, -0.2) is 0 Å². The van der Waals surface area contributed by atoms with Crippen LogP contribution >= 0.6 is 11.6 Å². The van der Waals surface area contributed by atoms with Gasteiger partial charge in [-0.3, -0.25) is 4.79 Å². The highest BCUT2D eigenvalue weighted by Gasteiger charge is 2.29. The van der Waals surface area contributed by atoms with Gasteiger partial charge in [0.25, 0.3) is 0 Å². The van der Waals surface area contributed by atoms with Gasteiger partial charge in [-0.05, 0) is 23.8 Å². The topological polar surface area (TPSA) is 47.6 Å². The number of rotatable bonds is 3. The molecule has 27 heavy (non-hydrogen) atoms. The van der Waals surface area contributed by atoms with E-state index in [0.29, 0.717) is 36.0 Å². The van der Waals surface area contributed by atoms with Crippen molar-refractivity contribution >= 4 is 29.3 Å². The lowest BCUT2D eigenvalue weighted by atomic mass is 10.1. The Hall–Kier alpha value is -2.67. The molecule has 1 aliphatic rings. The zero-order valence-corrected chi connectivity index (χ0v) is 14.7. The Morgan fingerprint density at radius 3 is 2.33 bits per heavy atom. The number of hydrogen-bond donors (Lipinski definition) is 1. The molecule has 0 bridgehead atoms. The molecule has 0 radical (unpaired) electrons. The maximum absolute atomic E-state index is 12.5. The molecule has 0 unspecified atom stereocenters. The zero-order chi connectivity index (χ0) is 19.4. The van der Waals surface area contributed by atoms with E-state index in [1.54, 1.807) is 12.1 Å². The highest BCUT2D eigenvalue weighted by atomic mass is 35.5. The first-order chi connectivity index (χ1) is 12.8. The standard InChI is InChI=1S/C19H15ClF3NO3/c20-14-10-16-17(27-9-1-8-26-16)11-15(14)24-18(25)7-4-12-2-5-13(6-3-12)19(21,22)23/h2-7,10-11H,1,8-9H2,(H,24,25)/b7-4+. The monoisotopic (exact) mass is 397 g/mol. The smallest absolute Gasteiger partial charge is 0.416 e. The van der Waals surface area contributed by atoms with Crippen LogP contribution in [0.25, 0.3) is 6.08 Å². The molecule has 1 amide bonds. The number of amides is 1. The van der Waals surface area contributed by atoms with Crippen molar-refractivity contribution < 1.29 is 27.4 Å². The maximum atomic E-state index is 12.5. The normalized spacial score (nSPS) is 14.1. The Kier molecular flexibility index (Phi) is 5.60. The van der Waals surface area contributed by atoms with E-state index in [4.69, 9.17) is 21.1 Å². The van der Waals surface area contributed by atoms with Gasteiger partial charge in [-0.1, -0.05) is 23.7 Å². The van der Waals surface area contributed by atoms with Gasteiger partial charge >= 0.3 is 6.18 Å². The minimum Gasteiger partial charge on any atom is -0.490 e. The van der Waals surface area contributed by atoms with Crippen LogP contribution in [-0.2, 0) is 11.0 Å². The molecule has 0 saturated heterocycles. The molecule has 1 heterocycles. The number of benzene rings is 2. The molecule has 1 N–H and O–H groups in total. The van der Waals surface area contributed by atoms with Crippen LogP contribution < -0.4 is 14.8 Å². The van der Waals surface area contributed by atoms with Gasteiger partial charge in [0.05, 0.1) is 29.5 Å². The number of ether oxygens (including phenoxy) is 2. The van der Waals surface area contributed by atoms with Crippen LogP contribution in [0.5, 0.6) is 11.5 Å². The van der Waals surface area contributed by atoms with Crippen molar-refractivity contribution in [1.82, 2.24) is 0 Å². The molecule has 0 spiro atoms. The summed E-state index contributed by atoms with van der Waals surface area (Å²) in [5, 5.41) is 2.90. The van der Waals surface area contributed by atoms with Crippen molar-refractivity contribution in [2.75, 3.05) is 18.5 Å². The van der Waals surface area contributed by atoms with Crippen molar-refractivity contribution in [3.8, 4) is 11.5 Å². The summed E-state index contributed by atoms with van der Waals surface area (Å²) in [5.41, 5.74) is 0.0639. The summed E-state index contributed by atoms with van der Waals surface area (Å²) in [4.78, 5) is 12.1. The molecule has 0 atom stereocenters. The molecule has 8 heteroatoms. The lowest BCUT2D eigenvalue weighted by Crippen LogP contribution is -2.08. The van der Waals surface area contributed by atoms with Crippen LogP contribution in [0.4, 0.5) is 18.9 Å². The number of carbonyl (C=O) groups is 1. The molecule has 0 fully saturated rings. The molecule has 142 valence electrons. The number of alkyl halides is 3. The lowest BCUT2D eigenvalue weighted by molar-refractivity contribution is -0.137. The molecular weight excluding hydrogens is 383 g/mol. The van der Waals surface area contributed by atoms with Gasteiger partial charge in [0.1, 0.15) is 0 Å². The average Bonchev–Trinajstić information content (AvgIpc) is 2.85. The van der Waals surface area contributed by atoms with Crippen LogP contribution in [0.2, 0.25) is 5.02 Å². The number of hydrogen-bond acceptors (Lipinski definition) is 3. The highest BCUT2D eigenvalue weighted by molar-refractivity contribution is 6.34. The Morgan fingerprint density at radius 2 is 1.70 bits per heavy atom. The Labute approximate surface area is 158 Å². The number of carbonyl (C=O) groups excluding carboxylic acids is 1. The third kappa shape index (κ3) is 4.95. The lowest BCUT2D eigenvalue weighted by Gasteiger charge is -2.11. The Morgan fingerprint density at radius 1 is 1.07 bits per heavy atom. The van der Waals surface area contributed by atoms with Gasteiger partial charge < -0.3 is 14.8 Å². The Bertz CT molecular complexity index is 864. The molecule has 4 nitrogen and oxygen atoms in total. The van der Waals surface area contributed by atoms with Crippen LogP contribution in [0.1, 0.15) is 17.5 Å². The van der Waals surface area contributed by atoms with Crippen molar-refractivity contribution in [2.24, 2.45) is 0 Å². The largest absolute Gasteiger partial charge is 0.490 e. The molecule has 0 saturated carbocycles. The first-order valence-corrected chi connectivity index (χ1v) is 8.46. The minimum absolute atomic E-state index is 0.288. The average molecular weight is 398 g/mol. The van der Waals surface area contributed by atoms with Crippen molar-refractivity contribution in [3.63, 3.8) is 0 Å². The fraction of sp³-hybridized carbons (Fsp3) is 0.211. The summed E-state index contributed by atoms with van der Waals surface area (Å²) >= 11 is 6.15. The fourth-order valence-corrected chi connectivity index (χ4v) is 2.61. The second-order valence-electron chi connectivity index (χ2n) is 5.77. The first kappa shape index (κ1) is 19.1. The number of halogens is 4. The van der Waals surface area contributed by atoms with E-state index in [-0.39, 0.29) is 5.02 Å². The van der Waals surface area contributed by atoms with Gasteiger partial charge in [0.15, 0.2) is 11.5 Å². The van der Waals surface area contributed by atoms with E-state index in [0.717, 1.165) is 18.6 Å². The predicted octanol–water partition coefficient (Wildman–Crippen LogP) is 5.17. The van der Waals surface area contributed by atoms with Gasteiger partial charge in [0, 0.05) is 24.6 Å². The molecule has 1 aliphatic heterocycles. The molecular formula is C19H15ClF3NO3. The van der Waals surface area contributed by atoms with E-state index >= 15 is 0 Å². The molecule has 2 aromatic rings. The maximum Gasteiger partial charge on any atom is 0.416 e. The second-order valence-corrected chi connectivity index (χ2v) is 6.18. The summed E-state index contributed by atoms with van der Waals surface area (Å²) in [6, 6.07) is 7.63. The number of nitrogens with one attached hydrogen (secondary N) is 1. The molecule has 0 aromatic heterocycles. The third-order valence-electron chi connectivity index (χ3n) is 3.76. The summed E-state index contributed by atoms with van der Waals surface area (Å²) in [6.07, 6.45) is -1.04. The first-order valence-electron chi connectivity index (χ1n) is 8.08. The summed E-state index contributed by atoms with van der Waals surface area (Å²) < 4.78 is 48.7. The van der Waals surface area contributed by atoms with Crippen molar-refractivity contribution in [3.05, 3.63) is 58.6 Å². The fourth-order valence-electron chi connectivity index (χ4n) is 2.41. The zero-order valence-electron chi connectivity index (χ0n) is 14.0. The van der Waals surface area contributed by atoms with E-state index in [2.05, 4.69) is 5.32 Å². The predicted molar refractivity (Wildman–Crippen MR) is 96.2 cm³/mol. The SMILES string of the molecule is O=C(/C=C/c1ccc(C(F)(F)F)cc1)Nc1cc2c(cc1Cl)OCCCO2. The van der Waals surface area contributed by atoms with Crippen LogP contribution in [0.15, 0.2) is 42.5 Å². The summed E-state index contributed by atoms with van der Waals surface area (Å²) in [7, 11) is 0. The Balaban J connectivity index is 1.69. The van der Waals surface area contributed by atoms with E-state index in [9.17, 15) is 18.0 Å². The second kappa shape index (κ2) is 7.92. The highest BCUT2D eigenvalue weighted by Crippen LogP contribution is 2.37. The number of fused-ring (bicyclic) bond motifs is 1. The number of anilines is 1. The van der Waals surface area contributed by atoms with Crippen LogP contribution in [0, 0.1) is 0 Å². The van der Waals surface area contributed by atoms with E-state index in [1.807, 2.05) is 0 Å². The van der Waals surface area contributed by atoms with Gasteiger partial charge in [-0.15, -0.1) is 0 Å². The molecule has 0 aliphatic carbocycles. The van der Waals surface area contributed by atoms with Crippen molar-refractivity contribution in [1.29, 1.82) is 0 Å². The third-order valence-corrected chi connectivity index (χ3v) is 4.07.